The fourth-order valence-corrected chi connectivity index (χ4v) is 8.01. The van der Waals surface area contributed by atoms with Gasteiger partial charge in [-0.05, 0) is 74.7 Å². The van der Waals surface area contributed by atoms with Gasteiger partial charge in [0.1, 0.15) is 11.7 Å². The lowest BCUT2D eigenvalue weighted by atomic mass is 9.48. The number of carbonyl (C=O) groups is 3. The highest BCUT2D eigenvalue weighted by atomic mass is 19.4. The molecule has 2 aromatic carbocycles. The van der Waals surface area contributed by atoms with Crippen LogP contribution in [0.2, 0.25) is 0 Å². The number of amides is 1. The molecule has 2 fully saturated rings. The SMILES string of the molecule is CC(=O)Oc1ccc2c3c1OC1C(N(C)C(=O)/C=C/c4ccc(C(F)(F)F)cc4)CC[C@@]4(OC(C)=O)[C@@H](C2)N(C)CC[C@]314. The summed E-state index contributed by atoms with van der Waals surface area (Å²) in [6, 6.07) is 7.71. The Balaban J connectivity index is 1.39. The van der Waals surface area contributed by atoms with Crippen LogP contribution in [0.4, 0.5) is 13.2 Å². The van der Waals surface area contributed by atoms with Gasteiger partial charge in [-0.25, -0.2) is 0 Å². The van der Waals surface area contributed by atoms with Crippen molar-refractivity contribution in [3.63, 3.8) is 0 Å². The first-order valence-corrected chi connectivity index (χ1v) is 14.3. The molecule has 228 valence electrons. The fraction of sp³-hybridized carbons (Fsp3) is 0.469. The Bertz CT molecular complexity index is 1520. The molecule has 1 amide bonds. The quantitative estimate of drug-likeness (QED) is 0.284. The van der Waals surface area contributed by atoms with Crippen LogP contribution in [0.15, 0.2) is 42.5 Å². The zero-order valence-electron chi connectivity index (χ0n) is 24.4. The van der Waals surface area contributed by atoms with Gasteiger partial charge in [-0.2, -0.15) is 13.2 Å². The molecule has 2 heterocycles. The van der Waals surface area contributed by atoms with Gasteiger partial charge in [-0.15, -0.1) is 0 Å². The first kappa shape index (κ1) is 29.2. The van der Waals surface area contributed by atoms with Crippen molar-refractivity contribution in [3.05, 3.63) is 64.7 Å². The molecule has 6 rings (SSSR count). The van der Waals surface area contributed by atoms with Crippen LogP contribution in [-0.4, -0.2) is 72.1 Å². The monoisotopic (exact) mass is 598 g/mol. The maximum absolute atomic E-state index is 13.5. The summed E-state index contributed by atoms with van der Waals surface area (Å²) < 4.78 is 57.5. The molecule has 1 spiro atoms. The van der Waals surface area contributed by atoms with E-state index in [1.807, 2.05) is 13.1 Å². The number of halogens is 3. The number of carbonyl (C=O) groups excluding carboxylic acids is 3. The largest absolute Gasteiger partial charge is 0.483 e. The summed E-state index contributed by atoms with van der Waals surface area (Å²) in [5.41, 5.74) is -0.0993. The first-order valence-electron chi connectivity index (χ1n) is 14.3. The number of ether oxygens (including phenoxy) is 3. The van der Waals surface area contributed by atoms with Gasteiger partial charge in [-0.1, -0.05) is 18.2 Å². The van der Waals surface area contributed by atoms with Crippen molar-refractivity contribution in [1.29, 1.82) is 0 Å². The Morgan fingerprint density at radius 1 is 1.07 bits per heavy atom. The number of hydrogen-bond acceptors (Lipinski definition) is 7. The van der Waals surface area contributed by atoms with Crippen LogP contribution in [-0.2, 0) is 37.1 Å². The minimum atomic E-state index is -4.44. The minimum Gasteiger partial charge on any atom is -0.483 e. The van der Waals surface area contributed by atoms with Crippen molar-refractivity contribution in [2.45, 2.75) is 74.9 Å². The predicted octanol–water partition coefficient (Wildman–Crippen LogP) is 4.53. The molecular weight excluding hydrogens is 565 g/mol. The molecule has 0 N–H and O–H groups in total. The molecule has 2 aromatic rings. The van der Waals surface area contributed by atoms with Crippen LogP contribution < -0.4 is 9.47 Å². The summed E-state index contributed by atoms with van der Waals surface area (Å²) in [6.45, 7) is 3.44. The number of hydrogen-bond donors (Lipinski definition) is 0. The summed E-state index contributed by atoms with van der Waals surface area (Å²) in [6.07, 6.45) is -0.0338. The van der Waals surface area contributed by atoms with E-state index < -0.39 is 46.8 Å². The maximum atomic E-state index is 13.5. The maximum Gasteiger partial charge on any atom is 0.416 e. The smallest absolute Gasteiger partial charge is 0.416 e. The highest BCUT2D eigenvalue weighted by Gasteiger charge is 2.75. The van der Waals surface area contributed by atoms with Gasteiger partial charge in [0.15, 0.2) is 11.5 Å². The Labute approximate surface area is 247 Å². The predicted molar refractivity (Wildman–Crippen MR) is 149 cm³/mol. The highest BCUT2D eigenvalue weighted by Crippen LogP contribution is 2.67. The summed E-state index contributed by atoms with van der Waals surface area (Å²) in [5.74, 6) is -0.493. The molecule has 2 aliphatic heterocycles. The average molecular weight is 599 g/mol. The number of alkyl halides is 3. The normalized spacial score (nSPS) is 29.0. The summed E-state index contributed by atoms with van der Waals surface area (Å²) in [5, 5.41) is 0. The van der Waals surface area contributed by atoms with Crippen molar-refractivity contribution in [2.75, 3.05) is 20.6 Å². The molecule has 11 heteroatoms. The number of esters is 2. The zero-order valence-corrected chi connectivity index (χ0v) is 24.4. The highest BCUT2D eigenvalue weighted by molar-refractivity contribution is 5.92. The van der Waals surface area contributed by atoms with Gasteiger partial charge < -0.3 is 19.1 Å². The molecule has 2 unspecified atom stereocenters. The van der Waals surface area contributed by atoms with Gasteiger partial charge in [0.05, 0.1) is 23.1 Å². The number of rotatable bonds is 5. The van der Waals surface area contributed by atoms with Crippen LogP contribution in [0.25, 0.3) is 6.08 Å². The molecule has 8 nitrogen and oxygen atoms in total. The Morgan fingerprint density at radius 2 is 1.79 bits per heavy atom. The van der Waals surface area contributed by atoms with Gasteiger partial charge in [0, 0.05) is 32.5 Å². The molecule has 1 saturated carbocycles. The number of nitrogens with zero attached hydrogens (tertiary/aromatic N) is 2. The third-order valence-electron chi connectivity index (χ3n) is 9.72. The fourth-order valence-electron chi connectivity index (χ4n) is 8.01. The van der Waals surface area contributed by atoms with Crippen molar-refractivity contribution in [2.24, 2.45) is 0 Å². The van der Waals surface area contributed by atoms with E-state index in [9.17, 15) is 27.6 Å². The van der Waals surface area contributed by atoms with Crippen LogP contribution in [0, 0.1) is 0 Å². The molecular formula is C32H33F3N2O6. The lowest BCUT2D eigenvalue weighted by Gasteiger charge is -2.65. The van der Waals surface area contributed by atoms with E-state index >= 15 is 0 Å². The van der Waals surface area contributed by atoms with Crippen LogP contribution >= 0.6 is 0 Å². The van der Waals surface area contributed by atoms with Crippen LogP contribution in [0.1, 0.15) is 55.4 Å². The number of benzene rings is 2. The molecule has 0 radical (unpaired) electrons. The average Bonchev–Trinajstić information content (AvgIpc) is 3.29. The Morgan fingerprint density at radius 3 is 2.44 bits per heavy atom. The molecule has 5 atom stereocenters. The topological polar surface area (TPSA) is 85.4 Å². The van der Waals surface area contributed by atoms with Crippen molar-refractivity contribution >= 4 is 23.9 Å². The van der Waals surface area contributed by atoms with E-state index in [4.69, 9.17) is 14.2 Å². The number of piperidine rings is 1. The van der Waals surface area contributed by atoms with Crippen molar-refractivity contribution in [3.8, 4) is 11.5 Å². The standard InChI is InChI=1S/C32H33F3N2O6/c1-18(38)41-24-11-8-21-17-25-31(43-19(2)39)14-13-23(29-30(31,15-16-36(25)3)27(21)28(24)42-29)37(4)26(40)12-7-20-5-9-22(10-6-20)32(33,34)35/h5-12,23,25,29H,13-17H2,1-4H3/b12-7+/t23?,25-,29?,30+,31-/m1/s1. The van der Waals surface area contributed by atoms with Gasteiger partial charge >= 0.3 is 18.1 Å². The van der Waals surface area contributed by atoms with E-state index in [1.165, 1.54) is 38.1 Å². The van der Waals surface area contributed by atoms with Crippen LogP contribution in [0.5, 0.6) is 11.5 Å². The van der Waals surface area contributed by atoms with E-state index in [0.29, 0.717) is 49.3 Å². The van der Waals surface area contributed by atoms with E-state index in [0.717, 1.165) is 23.3 Å². The Hall–Kier alpha value is -3.86. The second-order valence-electron chi connectivity index (χ2n) is 12.0. The molecule has 0 aromatic heterocycles. The summed E-state index contributed by atoms with van der Waals surface area (Å²) in [7, 11) is 3.70. The van der Waals surface area contributed by atoms with Gasteiger partial charge in [-0.3, -0.25) is 19.3 Å². The molecule has 4 aliphatic rings. The lowest BCUT2D eigenvalue weighted by molar-refractivity contribution is -0.220. The molecule has 2 bridgehead atoms. The third-order valence-corrected chi connectivity index (χ3v) is 9.72. The van der Waals surface area contributed by atoms with Crippen molar-refractivity contribution < 1.29 is 41.8 Å². The second-order valence-corrected chi connectivity index (χ2v) is 12.0. The molecule has 2 aliphatic carbocycles. The van der Waals surface area contributed by atoms with Crippen LogP contribution in [0.3, 0.4) is 0 Å². The van der Waals surface area contributed by atoms with E-state index in [2.05, 4.69) is 4.90 Å². The third kappa shape index (κ3) is 4.42. The van der Waals surface area contributed by atoms with Gasteiger partial charge in [0.25, 0.3) is 0 Å². The lowest BCUT2D eigenvalue weighted by Crippen LogP contribution is -2.78. The second kappa shape index (κ2) is 10.1. The van der Waals surface area contributed by atoms with Gasteiger partial charge in [0.2, 0.25) is 5.91 Å². The summed E-state index contributed by atoms with van der Waals surface area (Å²) >= 11 is 0. The number of likely N-dealkylation sites (N-methyl/N-ethyl adjacent to an activating group) is 2. The van der Waals surface area contributed by atoms with E-state index in [1.54, 1.807) is 18.0 Å². The summed E-state index contributed by atoms with van der Waals surface area (Å²) in [4.78, 5) is 42.0. The van der Waals surface area contributed by atoms with E-state index in [-0.39, 0.29) is 11.9 Å². The number of likely N-dealkylation sites (tertiary alicyclic amines) is 1. The first-order chi connectivity index (χ1) is 20.3. The zero-order chi connectivity index (χ0) is 30.9. The minimum absolute atomic E-state index is 0.115. The molecule has 43 heavy (non-hydrogen) atoms. The molecule has 1 saturated heterocycles. The van der Waals surface area contributed by atoms with Crippen molar-refractivity contribution in [1.82, 2.24) is 9.80 Å². The Kier molecular flexibility index (Phi) is 6.87.